The maximum absolute atomic E-state index is 12.9. The molecule has 2 aromatic carbocycles. The van der Waals surface area contributed by atoms with Gasteiger partial charge in [0.25, 0.3) is 0 Å². The van der Waals surface area contributed by atoms with E-state index >= 15 is 0 Å². The Morgan fingerprint density at radius 2 is 1.70 bits per heavy atom. The fourth-order valence-electron chi connectivity index (χ4n) is 1.80. The zero-order valence-electron chi connectivity index (χ0n) is 13.3. The van der Waals surface area contributed by atoms with E-state index < -0.39 is 6.80 Å². The monoisotopic (exact) mass is 368 g/mol. The summed E-state index contributed by atoms with van der Waals surface area (Å²) in [6, 6.07) is 17.7. The van der Waals surface area contributed by atoms with Crippen LogP contribution in [0.4, 0.5) is 0 Å². The summed E-state index contributed by atoms with van der Waals surface area (Å²) in [5.41, 5.74) is 0. The molecule has 6 heteroatoms. The van der Waals surface area contributed by atoms with Gasteiger partial charge in [0.15, 0.2) is 0 Å². The Kier molecular flexibility index (Phi) is 7.57. The highest BCUT2D eigenvalue weighted by molar-refractivity contribution is 8.55. The van der Waals surface area contributed by atoms with Crippen LogP contribution in [0.3, 0.4) is 0 Å². The largest absolute Gasteiger partial charge is 0.440 e. The van der Waals surface area contributed by atoms with E-state index in [1.165, 1.54) is 11.4 Å². The summed E-state index contributed by atoms with van der Waals surface area (Å²) < 4.78 is 24.1. The Bertz CT molecular complexity index is 649. The van der Waals surface area contributed by atoms with Crippen LogP contribution < -0.4 is 4.52 Å². The summed E-state index contributed by atoms with van der Waals surface area (Å²) in [4.78, 5) is 2.03. The molecule has 0 aliphatic heterocycles. The highest BCUT2D eigenvalue weighted by atomic mass is 32.7. The van der Waals surface area contributed by atoms with Gasteiger partial charge in [0, 0.05) is 10.6 Å². The van der Waals surface area contributed by atoms with E-state index in [0.717, 1.165) is 22.0 Å². The quantitative estimate of drug-likeness (QED) is 0.472. The molecule has 0 heterocycles. The lowest BCUT2D eigenvalue weighted by Gasteiger charge is -2.19. The minimum Gasteiger partial charge on any atom is -0.416 e. The van der Waals surface area contributed by atoms with E-state index in [2.05, 4.69) is 0 Å². The predicted molar refractivity (Wildman–Crippen MR) is 99.6 cm³/mol. The summed E-state index contributed by atoms with van der Waals surface area (Å²) in [6.07, 6.45) is 0.922. The first kappa shape index (κ1) is 18.5. The zero-order chi connectivity index (χ0) is 16.5. The van der Waals surface area contributed by atoms with Crippen molar-refractivity contribution in [3.8, 4) is 5.75 Å². The smallest absolute Gasteiger partial charge is 0.416 e. The molecular formula is C17H21O3PS2. The van der Waals surface area contributed by atoms with Gasteiger partial charge in [-0.1, -0.05) is 49.0 Å². The lowest BCUT2D eigenvalue weighted by Crippen LogP contribution is -1.97. The molecule has 1 unspecified atom stereocenters. The third kappa shape index (κ3) is 5.92. The highest BCUT2D eigenvalue weighted by Gasteiger charge is 2.27. The summed E-state index contributed by atoms with van der Waals surface area (Å²) in [5.74, 6) is 1.34. The van der Waals surface area contributed by atoms with Crippen molar-refractivity contribution < 1.29 is 13.6 Å². The molecule has 0 fully saturated rings. The van der Waals surface area contributed by atoms with E-state index in [-0.39, 0.29) is 0 Å². The topological polar surface area (TPSA) is 35.5 Å². The Hall–Kier alpha value is -0.870. The van der Waals surface area contributed by atoms with Gasteiger partial charge in [-0.15, -0.1) is 0 Å². The molecule has 124 valence electrons. The first-order valence-corrected chi connectivity index (χ1v) is 11.5. The second-order valence-corrected chi connectivity index (χ2v) is 9.88. The van der Waals surface area contributed by atoms with Gasteiger partial charge in [0.05, 0.1) is 11.5 Å². The normalized spacial score (nSPS) is 13.5. The number of rotatable bonds is 9. The van der Waals surface area contributed by atoms with Gasteiger partial charge in [0.2, 0.25) is 0 Å². The summed E-state index contributed by atoms with van der Waals surface area (Å²) in [5, 5.41) is 0. The van der Waals surface area contributed by atoms with E-state index in [9.17, 15) is 4.57 Å². The Morgan fingerprint density at radius 3 is 2.39 bits per heavy atom. The standard InChI is InChI=1S/C17H21O3PS2/c1-3-14-22-21(18,19-4-2)20-16-12-8-9-13-17(16)23-15-10-6-5-7-11-15/h5-13H,3-4,14H2,1-2H3. The lowest BCUT2D eigenvalue weighted by atomic mass is 10.3. The molecule has 0 aliphatic carbocycles. The third-order valence-corrected chi connectivity index (χ3v) is 7.77. The van der Waals surface area contributed by atoms with Crippen LogP contribution in [0.1, 0.15) is 20.3 Å². The van der Waals surface area contributed by atoms with Crippen molar-refractivity contribution in [2.75, 3.05) is 12.4 Å². The van der Waals surface area contributed by atoms with Crippen molar-refractivity contribution >= 4 is 29.9 Å². The number of benzene rings is 2. The molecule has 1 atom stereocenters. The Labute approximate surface area is 146 Å². The minimum absolute atomic E-state index is 0.363. The molecule has 2 rings (SSSR count). The molecule has 0 aromatic heterocycles. The van der Waals surface area contributed by atoms with Crippen molar-refractivity contribution in [3.05, 3.63) is 54.6 Å². The maximum atomic E-state index is 12.9. The molecular weight excluding hydrogens is 347 g/mol. The van der Waals surface area contributed by atoms with Gasteiger partial charge >= 0.3 is 6.80 Å². The average Bonchev–Trinajstić information content (AvgIpc) is 2.56. The van der Waals surface area contributed by atoms with E-state index in [1.54, 1.807) is 11.8 Å². The molecule has 0 radical (unpaired) electrons. The van der Waals surface area contributed by atoms with E-state index in [4.69, 9.17) is 9.05 Å². The number of para-hydroxylation sites is 1. The van der Waals surface area contributed by atoms with Gasteiger partial charge in [-0.2, -0.15) is 0 Å². The van der Waals surface area contributed by atoms with Crippen molar-refractivity contribution in [3.63, 3.8) is 0 Å². The van der Waals surface area contributed by atoms with Crippen LogP contribution in [0.25, 0.3) is 0 Å². The van der Waals surface area contributed by atoms with Crippen molar-refractivity contribution in [1.29, 1.82) is 0 Å². The van der Waals surface area contributed by atoms with Crippen LogP contribution >= 0.6 is 29.9 Å². The molecule has 0 aliphatic rings. The van der Waals surface area contributed by atoms with E-state index in [0.29, 0.717) is 12.4 Å². The molecule has 0 amide bonds. The first-order chi connectivity index (χ1) is 11.2. The first-order valence-electron chi connectivity index (χ1n) is 7.57. The molecule has 0 N–H and O–H groups in total. The van der Waals surface area contributed by atoms with Gasteiger partial charge in [-0.3, -0.25) is 4.52 Å². The molecule has 2 aromatic rings. The molecule has 23 heavy (non-hydrogen) atoms. The predicted octanol–water partition coefficient (Wildman–Crippen LogP) is 6.50. The molecule has 0 bridgehead atoms. The molecule has 0 saturated carbocycles. The summed E-state index contributed by atoms with van der Waals surface area (Å²) in [7, 11) is 0. The van der Waals surface area contributed by atoms with E-state index in [1.807, 2.05) is 68.4 Å². The maximum Gasteiger partial charge on any atom is 0.440 e. The third-order valence-electron chi connectivity index (χ3n) is 2.77. The number of hydrogen-bond acceptors (Lipinski definition) is 5. The Balaban J connectivity index is 2.20. The van der Waals surface area contributed by atoms with Crippen molar-refractivity contribution in [1.82, 2.24) is 0 Å². The average molecular weight is 368 g/mol. The van der Waals surface area contributed by atoms with Crippen LogP contribution in [0.15, 0.2) is 64.4 Å². The van der Waals surface area contributed by atoms with Gasteiger partial charge in [-0.05, 0) is 49.0 Å². The van der Waals surface area contributed by atoms with Crippen LogP contribution in [-0.2, 0) is 9.09 Å². The summed E-state index contributed by atoms with van der Waals surface area (Å²) >= 11 is 2.85. The van der Waals surface area contributed by atoms with Crippen LogP contribution in [-0.4, -0.2) is 12.4 Å². The number of hydrogen-bond donors (Lipinski definition) is 0. The van der Waals surface area contributed by atoms with Gasteiger partial charge in [-0.25, -0.2) is 4.57 Å². The second kappa shape index (κ2) is 9.43. The van der Waals surface area contributed by atoms with Crippen molar-refractivity contribution in [2.45, 2.75) is 30.1 Å². The fourth-order valence-corrected chi connectivity index (χ4v) is 6.22. The van der Waals surface area contributed by atoms with Gasteiger partial charge < -0.3 is 4.52 Å². The van der Waals surface area contributed by atoms with Crippen LogP contribution in [0.5, 0.6) is 5.75 Å². The minimum atomic E-state index is -3.19. The Morgan fingerprint density at radius 1 is 1.00 bits per heavy atom. The summed E-state index contributed by atoms with van der Waals surface area (Å²) in [6.45, 7) is 1.05. The fraction of sp³-hybridized carbons (Fsp3) is 0.294. The van der Waals surface area contributed by atoms with Gasteiger partial charge in [0.1, 0.15) is 5.75 Å². The second-order valence-electron chi connectivity index (χ2n) is 4.65. The van der Waals surface area contributed by atoms with Crippen molar-refractivity contribution in [2.24, 2.45) is 0 Å². The van der Waals surface area contributed by atoms with Crippen LogP contribution in [0.2, 0.25) is 0 Å². The highest BCUT2D eigenvalue weighted by Crippen LogP contribution is 2.61. The molecule has 0 spiro atoms. The SMILES string of the molecule is CCCSP(=O)(OCC)Oc1ccccc1Sc1ccccc1. The lowest BCUT2D eigenvalue weighted by molar-refractivity contribution is 0.294. The molecule has 3 nitrogen and oxygen atoms in total. The van der Waals surface area contributed by atoms with Crippen LogP contribution in [0, 0.1) is 0 Å². The molecule has 0 saturated heterocycles. The zero-order valence-corrected chi connectivity index (χ0v) is 15.8.